The lowest BCUT2D eigenvalue weighted by atomic mass is 10.2. The minimum absolute atomic E-state index is 0.442. The monoisotopic (exact) mass is 200 g/mol. The van der Waals surface area contributed by atoms with Crippen molar-refractivity contribution in [1.29, 1.82) is 0 Å². The van der Waals surface area contributed by atoms with Crippen molar-refractivity contribution >= 4 is 0 Å². The Balaban J connectivity index is 2.17. The topological polar surface area (TPSA) is 64.7 Å². The molecule has 0 unspecified atom stereocenters. The Bertz CT molecular complexity index is 428. The maximum absolute atomic E-state index is 5.51. The highest BCUT2D eigenvalue weighted by Crippen LogP contribution is 2.02. The first-order chi connectivity index (χ1) is 7.38. The molecule has 4 nitrogen and oxygen atoms in total. The van der Waals surface area contributed by atoms with Crippen molar-refractivity contribution in [2.24, 2.45) is 5.73 Å². The average Bonchev–Trinajstić information content (AvgIpc) is 2.31. The maximum atomic E-state index is 5.51. The smallest absolute Gasteiger partial charge is 0.134 e. The zero-order valence-corrected chi connectivity index (χ0v) is 8.30. The minimum Gasteiger partial charge on any atom is -0.325 e. The summed E-state index contributed by atoms with van der Waals surface area (Å²) in [5.74, 6) is 0.761. The number of rotatable bonds is 3. The van der Waals surface area contributed by atoms with Gasteiger partial charge in [0, 0.05) is 24.6 Å². The summed E-state index contributed by atoms with van der Waals surface area (Å²) in [7, 11) is 0. The van der Waals surface area contributed by atoms with Crippen LogP contribution in [0.4, 0.5) is 0 Å². The molecule has 2 aromatic rings. The Morgan fingerprint density at radius 2 is 1.93 bits per heavy atom. The second-order valence-electron chi connectivity index (χ2n) is 3.17. The number of hydrogen-bond donors (Lipinski definition) is 1. The van der Waals surface area contributed by atoms with E-state index >= 15 is 0 Å². The Kier molecular flexibility index (Phi) is 2.99. The van der Waals surface area contributed by atoms with Crippen molar-refractivity contribution in [2.75, 3.05) is 0 Å². The van der Waals surface area contributed by atoms with Gasteiger partial charge in [-0.2, -0.15) is 0 Å². The SMILES string of the molecule is NCc1ccnc(Cc2ccccn2)n1. The molecule has 0 saturated carbocycles. The first-order valence-electron chi connectivity index (χ1n) is 4.79. The summed E-state index contributed by atoms with van der Waals surface area (Å²) in [4.78, 5) is 12.7. The quantitative estimate of drug-likeness (QED) is 0.800. The number of hydrogen-bond acceptors (Lipinski definition) is 4. The van der Waals surface area contributed by atoms with Gasteiger partial charge in [0.1, 0.15) is 5.82 Å². The summed E-state index contributed by atoms with van der Waals surface area (Å²) in [5.41, 5.74) is 7.33. The number of nitrogens with two attached hydrogens (primary N) is 1. The fraction of sp³-hybridized carbons (Fsp3) is 0.182. The van der Waals surface area contributed by atoms with E-state index in [9.17, 15) is 0 Å². The Labute approximate surface area is 88.2 Å². The van der Waals surface area contributed by atoms with Crippen molar-refractivity contribution in [3.63, 3.8) is 0 Å². The predicted octanol–water partition coefficient (Wildman–Crippen LogP) is 0.921. The molecule has 2 rings (SSSR count). The summed E-state index contributed by atoms with van der Waals surface area (Å²) in [6.45, 7) is 0.442. The van der Waals surface area contributed by atoms with Crippen LogP contribution in [0.15, 0.2) is 36.7 Å². The summed E-state index contributed by atoms with van der Waals surface area (Å²) >= 11 is 0. The van der Waals surface area contributed by atoms with Crippen molar-refractivity contribution in [3.05, 3.63) is 53.9 Å². The highest BCUT2D eigenvalue weighted by molar-refractivity contribution is 5.11. The summed E-state index contributed by atoms with van der Waals surface area (Å²) < 4.78 is 0. The minimum atomic E-state index is 0.442. The fourth-order valence-electron chi connectivity index (χ4n) is 1.30. The van der Waals surface area contributed by atoms with Gasteiger partial charge in [-0.3, -0.25) is 4.98 Å². The molecule has 0 aliphatic heterocycles. The number of aromatic nitrogens is 3. The van der Waals surface area contributed by atoms with Gasteiger partial charge in [-0.1, -0.05) is 6.07 Å². The maximum Gasteiger partial charge on any atom is 0.134 e. The largest absolute Gasteiger partial charge is 0.325 e. The first kappa shape index (κ1) is 9.73. The van der Waals surface area contributed by atoms with Gasteiger partial charge >= 0.3 is 0 Å². The van der Waals surface area contributed by atoms with Gasteiger partial charge in [-0.05, 0) is 18.2 Å². The molecule has 0 atom stereocenters. The van der Waals surface area contributed by atoms with Crippen molar-refractivity contribution in [2.45, 2.75) is 13.0 Å². The van der Waals surface area contributed by atoms with Crippen LogP contribution in [0.25, 0.3) is 0 Å². The van der Waals surface area contributed by atoms with E-state index in [0.717, 1.165) is 17.2 Å². The van der Waals surface area contributed by atoms with E-state index in [4.69, 9.17) is 5.73 Å². The standard InChI is InChI=1S/C11H12N4/c12-8-10-4-6-14-11(15-10)7-9-3-1-2-5-13-9/h1-6H,7-8,12H2. The first-order valence-corrected chi connectivity index (χ1v) is 4.79. The van der Waals surface area contributed by atoms with Crippen molar-refractivity contribution in [1.82, 2.24) is 15.0 Å². The molecule has 0 saturated heterocycles. The van der Waals surface area contributed by atoms with Crippen molar-refractivity contribution < 1.29 is 0 Å². The Morgan fingerprint density at radius 1 is 1.00 bits per heavy atom. The highest BCUT2D eigenvalue weighted by atomic mass is 14.9. The predicted molar refractivity (Wildman–Crippen MR) is 57.0 cm³/mol. The van der Waals surface area contributed by atoms with E-state index in [2.05, 4.69) is 15.0 Å². The molecule has 4 heteroatoms. The zero-order chi connectivity index (χ0) is 10.5. The molecule has 2 heterocycles. The average molecular weight is 200 g/mol. The molecular weight excluding hydrogens is 188 g/mol. The normalized spacial score (nSPS) is 10.2. The molecule has 0 spiro atoms. The van der Waals surface area contributed by atoms with Crippen LogP contribution in [0.1, 0.15) is 17.2 Å². The van der Waals surface area contributed by atoms with Crippen LogP contribution in [0, 0.1) is 0 Å². The van der Waals surface area contributed by atoms with Crippen LogP contribution in [0.3, 0.4) is 0 Å². The van der Waals surface area contributed by atoms with E-state index in [0.29, 0.717) is 13.0 Å². The second kappa shape index (κ2) is 4.61. The molecule has 0 fully saturated rings. The van der Waals surface area contributed by atoms with E-state index in [-0.39, 0.29) is 0 Å². The molecule has 2 N–H and O–H groups in total. The lowest BCUT2D eigenvalue weighted by molar-refractivity contribution is 0.877. The third-order valence-corrected chi connectivity index (χ3v) is 2.04. The third kappa shape index (κ3) is 2.57. The third-order valence-electron chi connectivity index (χ3n) is 2.04. The van der Waals surface area contributed by atoms with Crippen LogP contribution in [-0.4, -0.2) is 15.0 Å². The summed E-state index contributed by atoms with van der Waals surface area (Å²) in [5, 5.41) is 0. The van der Waals surface area contributed by atoms with Gasteiger partial charge in [0.2, 0.25) is 0 Å². The molecular formula is C11H12N4. The van der Waals surface area contributed by atoms with Gasteiger partial charge in [0.05, 0.1) is 12.1 Å². The van der Waals surface area contributed by atoms with Crippen LogP contribution in [0.5, 0.6) is 0 Å². The van der Waals surface area contributed by atoms with Crippen LogP contribution >= 0.6 is 0 Å². The van der Waals surface area contributed by atoms with Crippen LogP contribution in [0.2, 0.25) is 0 Å². The molecule has 2 aromatic heterocycles. The van der Waals surface area contributed by atoms with Gasteiger partial charge in [0.15, 0.2) is 0 Å². The second-order valence-corrected chi connectivity index (χ2v) is 3.17. The van der Waals surface area contributed by atoms with E-state index in [1.54, 1.807) is 12.4 Å². The lowest BCUT2D eigenvalue weighted by Crippen LogP contribution is -2.04. The molecule has 0 radical (unpaired) electrons. The molecule has 0 aliphatic rings. The van der Waals surface area contributed by atoms with Gasteiger partial charge in [0.25, 0.3) is 0 Å². The Hall–Kier alpha value is -1.81. The molecule has 15 heavy (non-hydrogen) atoms. The van der Waals surface area contributed by atoms with Crippen molar-refractivity contribution in [3.8, 4) is 0 Å². The van der Waals surface area contributed by atoms with E-state index in [1.807, 2.05) is 24.3 Å². The number of pyridine rings is 1. The van der Waals surface area contributed by atoms with Gasteiger partial charge in [-0.15, -0.1) is 0 Å². The Morgan fingerprint density at radius 3 is 2.67 bits per heavy atom. The van der Waals surface area contributed by atoms with E-state index < -0.39 is 0 Å². The van der Waals surface area contributed by atoms with Crippen LogP contribution < -0.4 is 5.73 Å². The highest BCUT2D eigenvalue weighted by Gasteiger charge is 2.00. The van der Waals surface area contributed by atoms with E-state index in [1.165, 1.54) is 0 Å². The van der Waals surface area contributed by atoms with Crippen LogP contribution in [-0.2, 0) is 13.0 Å². The number of nitrogens with zero attached hydrogens (tertiary/aromatic N) is 3. The summed E-state index contributed by atoms with van der Waals surface area (Å²) in [6, 6.07) is 7.62. The molecule has 0 aliphatic carbocycles. The molecule has 0 bridgehead atoms. The van der Waals surface area contributed by atoms with Gasteiger partial charge < -0.3 is 5.73 Å². The molecule has 0 amide bonds. The molecule has 76 valence electrons. The zero-order valence-electron chi connectivity index (χ0n) is 8.30. The van der Waals surface area contributed by atoms with Gasteiger partial charge in [-0.25, -0.2) is 9.97 Å². The molecule has 0 aromatic carbocycles. The fourth-order valence-corrected chi connectivity index (χ4v) is 1.30. The lowest BCUT2D eigenvalue weighted by Gasteiger charge is -2.01. The summed E-state index contributed by atoms with van der Waals surface area (Å²) in [6.07, 6.45) is 4.14.